The molecular formula is C26H35Cl2N3O4S. The first-order chi connectivity index (χ1) is 16.9. The van der Waals surface area contributed by atoms with Crippen LogP contribution < -0.4 is 9.62 Å². The zero-order valence-electron chi connectivity index (χ0n) is 21.5. The number of aryl methyl sites for hydroxylation is 2. The largest absolute Gasteiger partial charge is 0.354 e. The Morgan fingerprint density at radius 2 is 1.75 bits per heavy atom. The molecule has 0 spiro atoms. The Morgan fingerprint density at radius 1 is 1.06 bits per heavy atom. The molecule has 1 N–H and O–H groups in total. The van der Waals surface area contributed by atoms with E-state index >= 15 is 0 Å². The maximum atomic E-state index is 13.7. The molecule has 0 bridgehead atoms. The highest BCUT2D eigenvalue weighted by atomic mass is 35.5. The number of nitrogens with zero attached hydrogens (tertiary/aromatic N) is 2. The van der Waals surface area contributed by atoms with E-state index in [1.54, 1.807) is 37.3 Å². The Labute approximate surface area is 224 Å². The maximum Gasteiger partial charge on any atom is 0.244 e. The molecule has 0 aromatic heterocycles. The van der Waals surface area contributed by atoms with Crippen molar-refractivity contribution in [2.24, 2.45) is 0 Å². The molecule has 10 heteroatoms. The molecule has 2 aromatic carbocycles. The van der Waals surface area contributed by atoms with Gasteiger partial charge in [0.2, 0.25) is 21.8 Å². The van der Waals surface area contributed by atoms with E-state index in [1.807, 2.05) is 26.8 Å². The normalized spacial score (nSPS) is 12.2. The van der Waals surface area contributed by atoms with Gasteiger partial charge in [-0.05, 0) is 56.0 Å². The Hall–Kier alpha value is -2.29. The summed E-state index contributed by atoms with van der Waals surface area (Å²) in [5, 5.41) is 3.70. The summed E-state index contributed by atoms with van der Waals surface area (Å²) in [6.07, 6.45) is 3.14. The topological polar surface area (TPSA) is 86.8 Å². The first kappa shape index (κ1) is 29.9. The molecule has 0 heterocycles. The summed E-state index contributed by atoms with van der Waals surface area (Å²) in [5.74, 6) is -0.800. The molecule has 0 aliphatic heterocycles. The van der Waals surface area contributed by atoms with Gasteiger partial charge in [-0.1, -0.05) is 67.2 Å². The second kappa shape index (κ2) is 13.3. The van der Waals surface area contributed by atoms with Crippen molar-refractivity contribution in [3.8, 4) is 0 Å². The van der Waals surface area contributed by atoms with Crippen LogP contribution in [0.2, 0.25) is 10.0 Å². The van der Waals surface area contributed by atoms with Crippen LogP contribution in [-0.2, 0) is 26.2 Å². The Morgan fingerprint density at radius 3 is 2.31 bits per heavy atom. The fraction of sp³-hybridized carbons (Fsp3) is 0.462. The Balaban J connectivity index is 2.47. The molecule has 2 amide bonds. The number of anilines is 1. The smallest absolute Gasteiger partial charge is 0.244 e. The van der Waals surface area contributed by atoms with Gasteiger partial charge in [0.05, 0.1) is 11.9 Å². The van der Waals surface area contributed by atoms with Gasteiger partial charge in [-0.25, -0.2) is 8.42 Å². The van der Waals surface area contributed by atoms with E-state index in [0.717, 1.165) is 34.5 Å². The number of sulfonamides is 1. The van der Waals surface area contributed by atoms with E-state index in [2.05, 4.69) is 5.32 Å². The standard InChI is InChI=1S/C26H35Cl2N3O4S/c1-6-8-13-29-26(33)23(7-2)30(16-20-10-11-21(27)15-22(20)28)25(32)17-31(36(5,34)35)24-12-9-18(3)14-19(24)4/h9-12,14-15,23H,6-8,13,16-17H2,1-5H3,(H,29,33)/t23-/m0/s1. The highest BCUT2D eigenvalue weighted by Crippen LogP contribution is 2.26. The van der Waals surface area contributed by atoms with Crippen LogP contribution in [0, 0.1) is 13.8 Å². The number of benzene rings is 2. The van der Waals surface area contributed by atoms with Crippen LogP contribution in [0.4, 0.5) is 5.69 Å². The van der Waals surface area contributed by atoms with Gasteiger partial charge in [0.25, 0.3) is 0 Å². The highest BCUT2D eigenvalue weighted by molar-refractivity contribution is 7.92. The lowest BCUT2D eigenvalue weighted by atomic mass is 10.1. The van der Waals surface area contributed by atoms with Crippen molar-refractivity contribution < 1.29 is 18.0 Å². The lowest BCUT2D eigenvalue weighted by Crippen LogP contribution is -2.52. The highest BCUT2D eigenvalue weighted by Gasteiger charge is 2.32. The van der Waals surface area contributed by atoms with Gasteiger partial charge in [-0.3, -0.25) is 13.9 Å². The second-order valence-electron chi connectivity index (χ2n) is 8.89. The van der Waals surface area contributed by atoms with E-state index in [1.165, 1.54) is 4.90 Å². The van der Waals surface area contributed by atoms with E-state index in [9.17, 15) is 18.0 Å². The number of rotatable bonds is 12. The third-order valence-electron chi connectivity index (χ3n) is 5.87. The van der Waals surface area contributed by atoms with Crippen LogP contribution in [0.3, 0.4) is 0 Å². The zero-order valence-corrected chi connectivity index (χ0v) is 23.8. The Kier molecular flexibility index (Phi) is 11.1. The van der Waals surface area contributed by atoms with Gasteiger partial charge in [0, 0.05) is 23.1 Å². The maximum absolute atomic E-state index is 13.7. The van der Waals surface area contributed by atoms with Gasteiger partial charge in [0.1, 0.15) is 12.6 Å². The summed E-state index contributed by atoms with van der Waals surface area (Å²) < 4.78 is 26.6. The third kappa shape index (κ3) is 8.11. The molecule has 1 atom stereocenters. The summed E-state index contributed by atoms with van der Waals surface area (Å²) >= 11 is 12.4. The zero-order chi connectivity index (χ0) is 27.0. The molecule has 0 aliphatic carbocycles. The molecule has 2 rings (SSSR count). The lowest BCUT2D eigenvalue weighted by molar-refractivity contribution is -0.140. The minimum Gasteiger partial charge on any atom is -0.354 e. The number of carbonyl (C=O) groups excluding carboxylic acids is 2. The van der Waals surface area contributed by atoms with Crippen molar-refractivity contribution in [3.63, 3.8) is 0 Å². The summed E-state index contributed by atoms with van der Waals surface area (Å²) in [7, 11) is -3.80. The van der Waals surface area contributed by atoms with Crippen molar-refractivity contribution in [1.29, 1.82) is 0 Å². The van der Waals surface area contributed by atoms with Gasteiger partial charge in [-0.15, -0.1) is 0 Å². The fourth-order valence-electron chi connectivity index (χ4n) is 3.94. The van der Waals surface area contributed by atoms with Gasteiger partial charge < -0.3 is 10.2 Å². The predicted octanol–water partition coefficient (Wildman–Crippen LogP) is 5.10. The summed E-state index contributed by atoms with van der Waals surface area (Å²) in [6, 6.07) is 9.47. The molecule has 0 saturated heterocycles. The molecule has 2 aromatic rings. The SMILES string of the molecule is CCCCNC(=O)[C@H](CC)N(Cc1ccc(Cl)cc1Cl)C(=O)CN(c1ccc(C)cc1C)S(C)(=O)=O. The van der Waals surface area contributed by atoms with Crippen LogP contribution in [0.15, 0.2) is 36.4 Å². The molecule has 36 heavy (non-hydrogen) atoms. The number of unbranched alkanes of at least 4 members (excludes halogenated alkanes) is 1. The molecule has 0 saturated carbocycles. The van der Waals surface area contributed by atoms with E-state index in [0.29, 0.717) is 34.3 Å². The number of hydrogen-bond acceptors (Lipinski definition) is 4. The molecule has 198 valence electrons. The minimum absolute atomic E-state index is 0.0268. The molecule has 0 fully saturated rings. The molecule has 0 unspecified atom stereocenters. The third-order valence-corrected chi connectivity index (χ3v) is 7.58. The summed E-state index contributed by atoms with van der Waals surface area (Å²) in [5.41, 5.74) is 2.72. The van der Waals surface area contributed by atoms with Crippen LogP contribution in [0.25, 0.3) is 0 Å². The first-order valence-corrected chi connectivity index (χ1v) is 14.6. The number of hydrogen-bond donors (Lipinski definition) is 1. The van der Waals surface area contributed by atoms with E-state index < -0.39 is 28.5 Å². The predicted molar refractivity (Wildman–Crippen MR) is 147 cm³/mol. The second-order valence-corrected chi connectivity index (χ2v) is 11.6. The van der Waals surface area contributed by atoms with Crippen LogP contribution in [-0.4, -0.2) is 50.5 Å². The molecule has 0 aliphatic rings. The van der Waals surface area contributed by atoms with E-state index in [4.69, 9.17) is 23.2 Å². The summed E-state index contributed by atoms with van der Waals surface area (Å²) in [4.78, 5) is 28.2. The first-order valence-electron chi connectivity index (χ1n) is 11.9. The van der Waals surface area contributed by atoms with Crippen LogP contribution >= 0.6 is 23.2 Å². The number of halogens is 2. The number of amides is 2. The number of nitrogens with one attached hydrogen (secondary N) is 1. The summed E-state index contributed by atoms with van der Waals surface area (Å²) in [6.45, 7) is 7.61. The van der Waals surface area contributed by atoms with Crippen molar-refractivity contribution in [2.45, 2.75) is 59.5 Å². The molecular weight excluding hydrogens is 521 g/mol. The van der Waals surface area contributed by atoms with Crippen molar-refractivity contribution in [2.75, 3.05) is 23.7 Å². The minimum atomic E-state index is -3.80. The van der Waals surface area contributed by atoms with Gasteiger partial charge in [-0.2, -0.15) is 0 Å². The number of carbonyl (C=O) groups is 2. The average molecular weight is 557 g/mol. The fourth-order valence-corrected chi connectivity index (χ4v) is 5.31. The average Bonchev–Trinajstić information content (AvgIpc) is 2.78. The van der Waals surface area contributed by atoms with Crippen molar-refractivity contribution >= 4 is 50.7 Å². The van der Waals surface area contributed by atoms with Crippen LogP contribution in [0.1, 0.15) is 49.8 Å². The van der Waals surface area contributed by atoms with Crippen molar-refractivity contribution in [1.82, 2.24) is 10.2 Å². The molecule has 7 nitrogen and oxygen atoms in total. The lowest BCUT2D eigenvalue weighted by Gasteiger charge is -2.33. The van der Waals surface area contributed by atoms with Crippen molar-refractivity contribution in [3.05, 3.63) is 63.1 Å². The van der Waals surface area contributed by atoms with Crippen LogP contribution in [0.5, 0.6) is 0 Å². The van der Waals surface area contributed by atoms with Gasteiger partial charge >= 0.3 is 0 Å². The van der Waals surface area contributed by atoms with Gasteiger partial charge in [0.15, 0.2) is 0 Å². The van der Waals surface area contributed by atoms with E-state index in [-0.39, 0.29) is 12.5 Å². The monoisotopic (exact) mass is 555 g/mol. The molecule has 0 radical (unpaired) electrons. The Bertz CT molecular complexity index is 1190. The quantitative estimate of drug-likeness (QED) is 0.369.